The van der Waals surface area contributed by atoms with Gasteiger partial charge in [0.1, 0.15) is 0 Å². The molecule has 0 aromatic rings. The van der Waals surface area contributed by atoms with Crippen LogP contribution < -0.4 is 5.32 Å². The molecule has 0 aromatic heterocycles. The molecule has 1 fully saturated rings. The minimum Gasteiger partial charge on any atom is -0.380 e. The Balaban J connectivity index is 1.98. The van der Waals surface area contributed by atoms with Crippen molar-refractivity contribution in [1.82, 2.24) is 5.32 Å². The molecule has 13 heavy (non-hydrogen) atoms. The molecule has 1 atom stereocenters. The summed E-state index contributed by atoms with van der Waals surface area (Å²) in [4.78, 5) is 0. The fourth-order valence-corrected chi connectivity index (χ4v) is 1.48. The van der Waals surface area contributed by atoms with Crippen molar-refractivity contribution in [3.63, 3.8) is 0 Å². The molecule has 1 saturated heterocycles. The lowest BCUT2D eigenvalue weighted by Gasteiger charge is -2.23. The van der Waals surface area contributed by atoms with E-state index in [4.69, 9.17) is 9.47 Å². The normalized spacial score (nSPS) is 28.2. The average Bonchev–Trinajstić information content (AvgIpc) is 2.53. The predicted octanol–water partition coefficient (Wildman–Crippen LogP) is 1.18. The van der Waals surface area contributed by atoms with Crippen LogP contribution in [0.3, 0.4) is 0 Å². The molecule has 0 radical (unpaired) electrons. The van der Waals surface area contributed by atoms with Crippen LogP contribution in [0.1, 0.15) is 26.7 Å². The lowest BCUT2D eigenvalue weighted by atomic mass is 10.0. The third-order valence-electron chi connectivity index (χ3n) is 2.37. The van der Waals surface area contributed by atoms with E-state index in [1.165, 1.54) is 0 Å². The van der Waals surface area contributed by atoms with Gasteiger partial charge in [-0.1, -0.05) is 6.92 Å². The van der Waals surface area contributed by atoms with Gasteiger partial charge in [0, 0.05) is 25.3 Å². The van der Waals surface area contributed by atoms with E-state index in [2.05, 4.69) is 19.2 Å². The topological polar surface area (TPSA) is 30.5 Å². The molecule has 0 spiro atoms. The first-order valence-electron chi connectivity index (χ1n) is 5.17. The van der Waals surface area contributed by atoms with Crippen LogP contribution in [0.15, 0.2) is 0 Å². The highest BCUT2D eigenvalue weighted by atomic mass is 16.5. The van der Waals surface area contributed by atoms with E-state index in [9.17, 15) is 0 Å². The molecule has 1 aliphatic heterocycles. The second-order valence-electron chi connectivity index (χ2n) is 3.90. The van der Waals surface area contributed by atoms with Crippen LogP contribution in [0.5, 0.6) is 0 Å². The highest BCUT2D eigenvalue weighted by molar-refractivity contribution is 4.86. The summed E-state index contributed by atoms with van der Waals surface area (Å²) in [7, 11) is 0. The molecule has 1 N–H and O–H groups in total. The van der Waals surface area contributed by atoms with Gasteiger partial charge >= 0.3 is 0 Å². The maximum atomic E-state index is 5.38. The summed E-state index contributed by atoms with van der Waals surface area (Å²) in [6, 6.07) is 0. The van der Waals surface area contributed by atoms with Gasteiger partial charge in [0.15, 0.2) is 0 Å². The van der Waals surface area contributed by atoms with E-state index in [0.717, 1.165) is 45.8 Å². The molecule has 1 aliphatic rings. The Morgan fingerprint density at radius 1 is 1.46 bits per heavy atom. The first kappa shape index (κ1) is 11.0. The fraction of sp³-hybridized carbons (Fsp3) is 1.00. The average molecular weight is 187 g/mol. The zero-order chi connectivity index (χ0) is 9.57. The lowest BCUT2D eigenvalue weighted by Crippen LogP contribution is -2.44. The Kier molecular flexibility index (Phi) is 4.70. The van der Waals surface area contributed by atoms with E-state index < -0.39 is 0 Å². The number of rotatable bonds is 6. The highest BCUT2D eigenvalue weighted by Gasteiger charge is 2.28. The maximum absolute atomic E-state index is 5.38. The van der Waals surface area contributed by atoms with Gasteiger partial charge in [0.2, 0.25) is 0 Å². The van der Waals surface area contributed by atoms with Crippen molar-refractivity contribution in [1.29, 1.82) is 0 Å². The molecule has 0 amide bonds. The summed E-state index contributed by atoms with van der Waals surface area (Å²) in [5.74, 6) is 0. The fourth-order valence-electron chi connectivity index (χ4n) is 1.48. The van der Waals surface area contributed by atoms with Gasteiger partial charge in [-0.25, -0.2) is 0 Å². The number of nitrogens with one attached hydrogen (secondary N) is 1. The second-order valence-corrected chi connectivity index (χ2v) is 3.90. The highest BCUT2D eigenvalue weighted by Crippen LogP contribution is 2.16. The van der Waals surface area contributed by atoms with Crippen LogP contribution in [0.4, 0.5) is 0 Å². The van der Waals surface area contributed by atoms with E-state index in [0.29, 0.717) is 0 Å². The summed E-state index contributed by atoms with van der Waals surface area (Å²) >= 11 is 0. The van der Waals surface area contributed by atoms with Gasteiger partial charge in [0.05, 0.1) is 13.2 Å². The molecule has 0 bridgehead atoms. The van der Waals surface area contributed by atoms with Crippen LogP contribution in [0, 0.1) is 0 Å². The van der Waals surface area contributed by atoms with Crippen molar-refractivity contribution in [2.24, 2.45) is 0 Å². The lowest BCUT2D eigenvalue weighted by molar-refractivity contribution is 0.124. The Bertz CT molecular complexity index is 133. The molecule has 0 aliphatic carbocycles. The maximum Gasteiger partial charge on any atom is 0.0646 e. The van der Waals surface area contributed by atoms with E-state index in [1.807, 2.05) is 0 Å². The van der Waals surface area contributed by atoms with Crippen LogP contribution in [0.25, 0.3) is 0 Å². The van der Waals surface area contributed by atoms with E-state index in [-0.39, 0.29) is 5.54 Å². The Hall–Kier alpha value is -0.120. The van der Waals surface area contributed by atoms with Crippen molar-refractivity contribution in [3.8, 4) is 0 Å². The minimum atomic E-state index is 0.190. The van der Waals surface area contributed by atoms with Crippen LogP contribution >= 0.6 is 0 Å². The molecule has 0 saturated carbocycles. The largest absolute Gasteiger partial charge is 0.380 e. The van der Waals surface area contributed by atoms with Gasteiger partial charge < -0.3 is 14.8 Å². The molecular weight excluding hydrogens is 166 g/mol. The van der Waals surface area contributed by atoms with Crippen molar-refractivity contribution in [2.45, 2.75) is 32.2 Å². The summed E-state index contributed by atoms with van der Waals surface area (Å²) in [6.45, 7) is 8.66. The monoisotopic (exact) mass is 187 g/mol. The van der Waals surface area contributed by atoms with Gasteiger partial charge in [-0.05, 0) is 19.8 Å². The second kappa shape index (κ2) is 5.58. The van der Waals surface area contributed by atoms with Crippen molar-refractivity contribution in [3.05, 3.63) is 0 Å². The minimum absolute atomic E-state index is 0.190. The van der Waals surface area contributed by atoms with Crippen LogP contribution in [0.2, 0.25) is 0 Å². The molecule has 1 rings (SSSR count). The molecule has 1 unspecified atom stereocenters. The molecular formula is C10H21NO2. The van der Waals surface area contributed by atoms with Crippen LogP contribution in [-0.4, -0.2) is 38.5 Å². The molecule has 3 heteroatoms. The molecule has 1 heterocycles. The molecule has 0 aromatic carbocycles. The molecule has 3 nitrogen and oxygen atoms in total. The van der Waals surface area contributed by atoms with E-state index in [1.54, 1.807) is 0 Å². The summed E-state index contributed by atoms with van der Waals surface area (Å²) in [6.07, 6.45) is 2.21. The smallest absolute Gasteiger partial charge is 0.0646 e. The standard InChI is InChI=1S/C10H21NO2/c1-3-6-12-8-5-11-10(2)4-7-13-9-10/h11H,3-9H2,1-2H3. The predicted molar refractivity (Wildman–Crippen MR) is 53.0 cm³/mol. The Morgan fingerprint density at radius 2 is 2.31 bits per heavy atom. The third-order valence-corrected chi connectivity index (χ3v) is 2.37. The van der Waals surface area contributed by atoms with Gasteiger partial charge in [-0.3, -0.25) is 0 Å². The first-order chi connectivity index (χ1) is 6.27. The summed E-state index contributed by atoms with van der Waals surface area (Å²) in [5, 5.41) is 3.47. The summed E-state index contributed by atoms with van der Waals surface area (Å²) < 4.78 is 10.7. The first-order valence-corrected chi connectivity index (χ1v) is 5.17. The van der Waals surface area contributed by atoms with Gasteiger partial charge in [-0.15, -0.1) is 0 Å². The SMILES string of the molecule is CCCOCCNC1(C)CCOC1. The Morgan fingerprint density at radius 3 is 2.92 bits per heavy atom. The zero-order valence-corrected chi connectivity index (χ0v) is 8.77. The number of hydrogen-bond donors (Lipinski definition) is 1. The Labute approximate surface area is 80.8 Å². The summed E-state index contributed by atoms with van der Waals surface area (Å²) in [5.41, 5.74) is 0.190. The number of ether oxygens (including phenoxy) is 2. The quantitative estimate of drug-likeness (QED) is 0.633. The van der Waals surface area contributed by atoms with Crippen LogP contribution in [-0.2, 0) is 9.47 Å². The van der Waals surface area contributed by atoms with Crippen molar-refractivity contribution < 1.29 is 9.47 Å². The number of hydrogen-bond acceptors (Lipinski definition) is 3. The van der Waals surface area contributed by atoms with E-state index >= 15 is 0 Å². The van der Waals surface area contributed by atoms with Crippen molar-refractivity contribution in [2.75, 3.05) is 33.0 Å². The zero-order valence-electron chi connectivity index (χ0n) is 8.77. The van der Waals surface area contributed by atoms with Gasteiger partial charge in [0.25, 0.3) is 0 Å². The van der Waals surface area contributed by atoms with Gasteiger partial charge in [-0.2, -0.15) is 0 Å². The molecule has 78 valence electrons. The third kappa shape index (κ3) is 4.07. The van der Waals surface area contributed by atoms with Crippen molar-refractivity contribution >= 4 is 0 Å².